The molecular formula is C17H17ClO. The van der Waals surface area contributed by atoms with E-state index in [9.17, 15) is 4.79 Å². The van der Waals surface area contributed by atoms with Crippen molar-refractivity contribution in [1.82, 2.24) is 0 Å². The number of rotatable bonds is 3. The Morgan fingerprint density at radius 1 is 1.11 bits per heavy atom. The minimum atomic E-state index is 0.119. The van der Waals surface area contributed by atoms with Gasteiger partial charge in [-0.15, -0.1) is 0 Å². The lowest BCUT2D eigenvalue weighted by Crippen LogP contribution is -2.07. The summed E-state index contributed by atoms with van der Waals surface area (Å²) >= 11 is 6.07. The number of ketones is 1. The Bertz CT molecular complexity index is 629. The van der Waals surface area contributed by atoms with Crippen molar-refractivity contribution in [3.63, 3.8) is 0 Å². The minimum absolute atomic E-state index is 0.119. The van der Waals surface area contributed by atoms with Crippen molar-refractivity contribution < 1.29 is 4.79 Å². The van der Waals surface area contributed by atoms with Crippen LogP contribution in [-0.2, 0) is 6.42 Å². The summed E-state index contributed by atoms with van der Waals surface area (Å²) in [5.74, 6) is 0.119. The first-order valence-corrected chi connectivity index (χ1v) is 6.71. The predicted octanol–water partition coefficient (Wildman–Crippen LogP) is 4.69. The largest absolute Gasteiger partial charge is 0.294 e. The zero-order chi connectivity index (χ0) is 14.0. The van der Waals surface area contributed by atoms with Crippen LogP contribution in [0.25, 0.3) is 0 Å². The molecule has 0 saturated heterocycles. The fourth-order valence-electron chi connectivity index (χ4n) is 2.17. The van der Waals surface area contributed by atoms with Crippen LogP contribution in [0, 0.1) is 20.8 Å². The minimum Gasteiger partial charge on any atom is -0.294 e. The molecule has 0 N–H and O–H groups in total. The monoisotopic (exact) mass is 272 g/mol. The molecule has 2 aromatic carbocycles. The van der Waals surface area contributed by atoms with Crippen LogP contribution in [0.3, 0.4) is 0 Å². The Balaban J connectivity index is 2.31. The number of aryl methyl sites for hydroxylation is 2. The molecule has 0 fully saturated rings. The summed E-state index contributed by atoms with van der Waals surface area (Å²) in [6.07, 6.45) is 0.425. The molecule has 0 aliphatic heterocycles. The summed E-state index contributed by atoms with van der Waals surface area (Å²) in [4.78, 5) is 12.4. The third kappa shape index (κ3) is 3.05. The summed E-state index contributed by atoms with van der Waals surface area (Å²) in [7, 11) is 0. The van der Waals surface area contributed by atoms with Gasteiger partial charge in [0, 0.05) is 17.0 Å². The highest BCUT2D eigenvalue weighted by atomic mass is 35.5. The van der Waals surface area contributed by atoms with E-state index in [0.717, 1.165) is 16.7 Å². The molecule has 0 saturated carbocycles. The number of hydrogen-bond donors (Lipinski definition) is 0. The van der Waals surface area contributed by atoms with Crippen LogP contribution in [0.5, 0.6) is 0 Å². The van der Waals surface area contributed by atoms with E-state index >= 15 is 0 Å². The zero-order valence-corrected chi connectivity index (χ0v) is 12.2. The van der Waals surface area contributed by atoms with E-state index in [-0.39, 0.29) is 5.78 Å². The summed E-state index contributed by atoms with van der Waals surface area (Å²) < 4.78 is 0. The molecule has 0 heterocycles. The first-order chi connectivity index (χ1) is 8.99. The van der Waals surface area contributed by atoms with Gasteiger partial charge in [-0.1, -0.05) is 47.5 Å². The Hall–Kier alpha value is -1.60. The quantitative estimate of drug-likeness (QED) is 0.741. The number of halogens is 1. The fraction of sp³-hybridized carbons (Fsp3) is 0.235. The van der Waals surface area contributed by atoms with Crippen LogP contribution < -0.4 is 0 Å². The smallest absolute Gasteiger partial charge is 0.167 e. The second-order valence-corrected chi connectivity index (χ2v) is 5.35. The molecule has 19 heavy (non-hydrogen) atoms. The SMILES string of the molecule is Cc1ccc(C)c(CC(=O)c2cccc(Cl)c2C)c1. The van der Waals surface area contributed by atoms with Gasteiger partial charge in [-0.3, -0.25) is 4.79 Å². The fourth-order valence-corrected chi connectivity index (χ4v) is 2.34. The number of carbonyl (C=O) groups excluding carboxylic acids is 1. The molecular weight excluding hydrogens is 256 g/mol. The lowest BCUT2D eigenvalue weighted by Gasteiger charge is -2.09. The van der Waals surface area contributed by atoms with Crippen molar-refractivity contribution in [3.05, 3.63) is 69.2 Å². The van der Waals surface area contributed by atoms with Crippen molar-refractivity contribution in [2.75, 3.05) is 0 Å². The highest BCUT2D eigenvalue weighted by Gasteiger charge is 2.12. The van der Waals surface area contributed by atoms with Crippen LogP contribution in [0.1, 0.15) is 32.6 Å². The molecule has 0 radical (unpaired) electrons. The highest BCUT2D eigenvalue weighted by Crippen LogP contribution is 2.21. The van der Waals surface area contributed by atoms with E-state index in [1.165, 1.54) is 5.56 Å². The topological polar surface area (TPSA) is 17.1 Å². The van der Waals surface area contributed by atoms with Gasteiger partial charge in [0.15, 0.2) is 5.78 Å². The molecule has 0 bridgehead atoms. The van der Waals surface area contributed by atoms with Gasteiger partial charge in [-0.05, 0) is 43.5 Å². The van der Waals surface area contributed by atoms with Gasteiger partial charge in [-0.25, -0.2) is 0 Å². The maximum absolute atomic E-state index is 12.4. The lowest BCUT2D eigenvalue weighted by atomic mass is 9.96. The Kier molecular flexibility index (Phi) is 4.06. The van der Waals surface area contributed by atoms with Crippen molar-refractivity contribution in [2.24, 2.45) is 0 Å². The van der Waals surface area contributed by atoms with E-state index in [2.05, 4.69) is 18.2 Å². The van der Waals surface area contributed by atoms with Gasteiger partial charge in [0.2, 0.25) is 0 Å². The van der Waals surface area contributed by atoms with Crippen LogP contribution in [-0.4, -0.2) is 5.78 Å². The van der Waals surface area contributed by atoms with Crippen molar-refractivity contribution >= 4 is 17.4 Å². The lowest BCUT2D eigenvalue weighted by molar-refractivity contribution is 0.0992. The van der Waals surface area contributed by atoms with E-state index < -0.39 is 0 Å². The van der Waals surface area contributed by atoms with Gasteiger partial charge in [0.05, 0.1) is 0 Å². The molecule has 2 aromatic rings. The van der Waals surface area contributed by atoms with Crippen molar-refractivity contribution in [2.45, 2.75) is 27.2 Å². The normalized spacial score (nSPS) is 10.5. The number of hydrogen-bond acceptors (Lipinski definition) is 1. The molecule has 0 atom stereocenters. The predicted molar refractivity (Wildman–Crippen MR) is 80.1 cm³/mol. The summed E-state index contributed by atoms with van der Waals surface area (Å²) in [5.41, 5.74) is 4.99. The molecule has 2 heteroatoms. The maximum Gasteiger partial charge on any atom is 0.167 e. The standard InChI is InChI=1S/C17H17ClO/c1-11-7-8-12(2)14(9-11)10-17(19)15-5-4-6-16(18)13(15)3/h4-9H,10H2,1-3H3. The Morgan fingerprint density at radius 3 is 2.58 bits per heavy atom. The third-order valence-corrected chi connectivity index (χ3v) is 3.83. The molecule has 0 unspecified atom stereocenters. The van der Waals surface area contributed by atoms with Crippen molar-refractivity contribution in [1.29, 1.82) is 0 Å². The zero-order valence-electron chi connectivity index (χ0n) is 11.5. The van der Waals surface area contributed by atoms with Gasteiger partial charge in [0.25, 0.3) is 0 Å². The highest BCUT2D eigenvalue weighted by molar-refractivity contribution is 6.31. The van der Waals surface area contributed by atoms with Crippen LogP contribution in [0.4, 0.5) is 0 Å². The first-order valence-electron chi connectivity index (χ1n) is 6.33. The second-order valence-electron chi connectivity index (χ2n) is 4.94. The Morgan fingerprint density at radius 2 is 1.84 bits per heavy atom. The van der Waals surface area contributed by atoms with Crippen molar-refractivity contribution in [3.8, 4) is 0 Å². The van der Waals surface area contributed by atoms with E-state index in [1.807, 2.05) is 39.0 Å². The van der Waals surface area contributed by atoms with Crippen LogP contribution >= 0.6 is 11.6 Å². The van der Waals surface area contributed by atoms with Crippen LogP contribution in [0.15, 0.2) is 36.4 Å². The second kappa shape index (κ2) is 5.58. The first kappa shape index (κ1) is 13.8. The van der Waals surface area contributed by atoms with E-state index in [0.29, 0.717) is 17.0 Å². The maximum atomic E-state index is 12.4. The molecule has 2 rings (SSSR count). The molecule has 0 spiro atoms. The molecule has 0 amide bonds. The third-order valence-electron chi connectivity index (χ3n) is 3.42. The van der Waals surface area contributed by atoms with E-state index in [4.69, 9.17) is 11.6 Å². The van der Waals surface area contributed by atoms with Gasteiger partial charge in [-0.2, -0.15) is 0 Å². The van der Waals surface area contributed by atoms with Gasteiger partial charge < -0.3 is 0 Å². The Labute approximate surface area is 119 Å². The number of Topliss-reactive ketones (excluding diaryl/α,β-unsaturated/α-hetero) is 1. The molecule has 0 aliphatic carbocycles. The number of benzene rings is 2. The average Bonchev–Trinajstić information content (AvgIpc) is 2.37. The summed E-state index contributed by atoms with van der Waals surface area (Å²) in [6, 6.07) is 11.7. The van der Waals surface area contributed by atoms with Gasteiger partial charge in [0.1, 0.15) is 0 Å². The molecule has 98 valence electrons. The molecule has 1 nitrogen and oxygen atoms in total. The molecule has 0 aromatic heterocycles. The summed E-state index contributed by atoms with van der Waals surface area (Å²) in [6.45, 7) is 5.96. The van der Waals surface area contributed by atoms with Gasteiger partial charge >= 0.3 is 0 Å². The van der Waals surface area contributed by atoms with E-state index in [1.54, 1.807) is 0 Å². The average molecular weight is 273 g/mol. The summed E-state index contributed by atoms with van der Waals surface area (Å²) in [5, 5.41) is 0.645. The molecule has 0 aliphatic rings. The van der Waals surface area contributed by atoms with Crippen LogP contribution in [0.2, 0.25) is 5.02 Å². The number of carbonyl (C=O) groups is 1.